The number of hydrogen-bond donors (Lipinski definition) is 1. The number of nitrogens with zero attached hydrogens (tertiary/aromatic N) is 3. The molecule has 2 rings (SSSR count). The minimum atomic E-state index is -0.492. The normalized spacial score (nSPS) is 15.6. The van der Waals surface area contributed by atoms with Gasteiger partial charge in [0.2, 0.25) is 5.95 Å². The average molecular weight is 403 g/mol. The molecule has 0 bridgehead atoms. The Morgan fingerprint density at radius 2 is 1.85 bits per heavy atom. The van der Waals surface area contributed by atoms with E-state index in [0.29, 0.717) is 29.3 Å². The highest BCUT2D eigenvalue weighted by atomic mass is 35.5. The SMILES string of the molecule is CC(C)(C)OC(=O)N(CCCNc1nc(Cl)cc(Cl)n1)C1CCCCC1. The van der Waals surface area contributed by atoms with E-state index >= 15 is 0 Å². The predicted molar refractivity (Wildman–Crippen MR) is 105 cm³/mol. The molecule has 1 aromatic rings. The lowest BCUT2D eigenvalue weighted by Gasteiger charge is -2.35. The zero-order valence-corrected chi connectivity index (χ0v) is 17.2. The number of ether oxygens (including phenoxy) is 1. The summed E-state index contributed by atoms with van der Waals surface area (Å²) < 4.78 is 5.61. The van der Waals surface area contributed by atoms with Crippen LogP contribution in [-0.2, 0) is 4.74 Å². The lowest BCUT2D eigenvalue weighted by atomic mass is 9.94. The highest BCUT2D eigenvalue weighted by Gasteiger charge is 2.28. The predicted octanol–water partition coefficient (Wildman–Crippen LogP) is 5.16. The number of aromatic nitrogens is 2. The number of carbonyl (C=O) groups is 1. The maximum atomic E-state index is 12.6. The van der Waals surface area contributed by atoms with E-state index < -0.39 is 5.60 Å². The van der Waals surface area contributed by atoms with E-state index in [-0.39, 0.29) is 12.1 Å². The third-order valence-electron chi connectivity index (χ3n) is 4.17. The van der Waals surface area contributed by atoms with Crippen LogP contribution in [0.3, 0.4) is 0 Å². The third-order valence-corrected chi connectivity index (χ3v) is 4.55. The minimum Gasteiger partial charge on any atom is -0.444 e. The maximum Gasteiger partial charge on any atom is 0.410 e. The summed E-state index contributed by atoms with van der Waals surface area (Å²) in [6, 6.07) is 1.75. The van der Waals surface area contributed by atoms with Crippen LogP contribution in [0, 0.1) is 0 Å². The van der Waals surface area contributed by atoms with E-state index in [1.807, 2.05) is 25.7 Å². The van der Waals surface area contributed by atoms with Crippen LogP contribution < -0.4 is 5.32 Å². The molecule has 1 aliphatic rings. The Morgan fingerprint density at radius 3 is 2.42 bits per heavy atom. The number of nitrogens with one attached hydrogen (secondary N) is 1. The first-order valence-electron chi connectivity index (χ1n) is 9.18. The molecule has 1 heterocycles. The molecular weight excluding hydrogens is 375 g/mol. The quantitative estimate of drug-likeness (QED) is 0.525. The van der Waals surface area contributed by atoms with E-state index in [1.54, 1.807) is 0 Å². The van der Waals surface area contributed by atoms with Crippen molar-refractivity contribution in [2.75, 3.05) is 18.4 Å². The van der Waals surface area contributed by atoms with Gasteiger partial charge in [0.05, 0.1) is 0 Å². The van der Waals surface area contributed by atoms with Crippen LogP contribution in [0.15, 0.2) is 6.07 Å². The van der Waals surface area contributed by atoms with Crippen molar-refractivity contribution in [3.05, 3.63) is 16.4 Å². The van der Waals surface area contributed by atoms with Crippen molar-refractivity contribution in [1.82, 2.24) is 14.9 Å². The van der Waals surface area contributed by atoms with Gasteiger partial charge in [-0.15, -0.1) is 0 Å². The minimum absolute atomic E-state index is 0.230. The molecule has 1 aliphatic carbocycles. The molecule has 1 N–H and O–H groups in total. The summed E-state index contributed by atoms with van der Waals surface area (Å²) in [6.45, 7) is 6.92. The van der Waals surface area contributed by atoms with Gasteiger partial charge >= 0.3 is 6.09 Å². The molecule has 0 unspecified atom stereocenters. The van der Waals surface area contributed by atoms with Gasteiger partial charge in [0.15, 0.2) is 0 Å². The summed E-state index contributed by atoms with van der Waals surface area (Å²) in [6.07, 6.45) is 6.18. The summed E-state index contributed by atoms with van der Waals surface area (Å²) in [5.74, 6) is 0.393. The Balaban J connectivity index is 1.90. The molecule has 0 spiro atoms. The summed E-state index contributed by atoms with van der Waals surface area (Å²) >= 11 is 11.7. The Kier molecular flexibility index (Phi) is 7.77. The van der Waals surface area contributed by atoms with Crippen LogP contribution in [0.1, 0.15) is 59.3 Å². The smallest absolute Gasteiger partial charge is 0.410 e. The average Bonchev–Trinajstić information content (AvgIpc) is 2.53. The fourth-order valence-corrected chi connectivity index (χ4v) is 3.48. The lowest BCUT2D eigenvalue weighted by Crippen LogP contribution is -2.45. The van der Waals surface area contributed by atoms with Crippen LogP contribution in [0.5, 0.6) is 0 Å². The van der Waals surface area contributed by atoms with Gasteiger partial charge < -0.3 is 15.0 Å². The monoisotopic (exact) mass is 402 g/mol. The highest BCUT2D eigenvalue weighted by Crippen LogP contribution is 2.24. The van der Waals surface area contributed by atoms with Crippen LogP contribution >= 0.6 is 23.2 Å². The summed E-state index contributed by atoms with van der Waals surface area (Å²) in [4.78, 5) is 22.7. The molecule has 1 saturated carbocycles. The van der Waals surface area contributed by atoms with Gasteiger partial charge in [0.25, 0.3) is 0 Å². The number of hydrogen-bond acceptors (Lipinski definition) is 5. The fourth-order valence-electron chi connectivity index (χ4n) is 3.06. The molecule has 0 aromatic carbocycles. The molecule has 1 fully saturated rings. The summed E-state index contributed by atoms with van der Waals surface area (Å²) in [7, 11) is 0. The topological polar surface area (TPSA) is 67.3 Å². The van der Waals surface area contributed by atoms with Crippen molar-refractivity contribution in [2.24, 2.45) is 0 Å². The number of halogens is 2. The van der Waals surface area contributed by atoms with Crippen molar-refractivity contribution in [3.8, 4) is 0 Å². The molecule has 6 nitrogen and oxygen atoms in total. The molecule has 0 aliphatic heterocycles. The van der Waals surface area contributed by atoms with Crippen LogP contribution in [0.4, 0.5) is 10.7 Å². The van der Waals surface area contributed by atoms with E-state index in [2.05, 4.69) is 15.3 Å². The van der Waals surface area contributed by atoms with Gasteiger partial charge in [-0.25, -0.2) is 14.8 Å². The van der Waals surface area contributed by atoms with Gasteiger partial charge in [-0.3, -0.25) is 0 Å². The summed E-state index contributed by atoms with van der Waals surface area (Å²) in [5, 5.41) is 3.69. The van der Waals surface area contributed by atoms with Crippen LogP contribution in [0.2, 0.25) is 10.3 Å². The molecule has 1 aromatic heterocycles. The van der Waals surface area contributed by atoms with Crippen LogP contribution in [0.25, 0.3) is 0 Å². The molecule has 146 valence electrons. The maximum absolute atomic E-state index is 12.6. The number of rotatable bonds is 6. The first kappa shape index (κ1) is 21.0. The van der Waals surface area contributed by atoms with Crippen molar-refractivity contribution in [1.29, 1.82) is 0 Å². The summed E-state index contributed by atoms with van der Waals surface area (Å²) in [5.41, 5.74) is -0.492. The number of amides is 1. The first-order chi connectivity index (χ1) is 12.2. The second kappa shape index (κ2) is 9.60. The van der Waals surface area contributed by atoms with Gasteiger partial charge in [0, 0.05) is 25.2 Å². The van der Waals surface area contributed by atoms with Gasteiger partial charge in [-0.2, -0.15) is 0 Å². The first-order valence-corrected chi connectivity index (χ1v) is 9.94. The largest absolute Gasteiger partial charge is 0.444 e. The van der Waals surface area contributed by atoms with Crippen molar-refractivity contribution in [3.63, 3.8) is 0 Å². The van der Waals surface area contributed by atoms with Gasteiger partial charge in [-0.05, 0) is 40.0 Å². The highest BCUT2D eigenvalue weighted by molar-refractivity contribution is 6.33. The molecule has 8 heteroatoms. The van der Waals surface area contributed by atoms with E-state index in [9.17, 15) is 4.79 Å². The van der Waals surface area contributed by atoms with Crippen molar-refractivity contribution in [2.45, 2.75) is 70.9 Å². The molecule has 0 atom stereocenters. The fraction of sp³-hybridized carbons (Fsp3) is 0.722. The Bertz CT molecular complexity index is 581. The Morgan fingerprint density at radius 1 is 1.23 bits per heavy atom. The molecular formula is C18H28Cl2N4O2. The van der Waals surface area contributed by atoms with E-state index in [1.165, 1.54) is 12.5 Å². The number of carbonyl (C=O) groups excluding carboxylic acids is 1. The zero-order valence-electron chi connectivity index (χ0n) is 15.7. The third kappa shape index (κ3) is 7.16. The van der Waals surface area contributed by atoms with E-state index in [4.69, 9.17) is 27.9 Å². The zero-order chi connectivity index (χ0) is 19.2. The molecule has 0 saturated heterocycles. The van der Waals surface area contributed by atoms with Crippen LogP contribution in [-0.4, -0.2) is 45.7 Å². The second-order valence-electron chi connectivity index (χ2n) is 7.58. The van der Waals surface area contributed by atoms with Gasteiger partial charge in [-0.1, -0.05) is 42.5 Å². The molecule has 1 amide bonds. The second-order valence-corrected chi connectivity index (χ2v) is 8.36. The van der Waals surface area contributed by atoms with Crippen molar-refractivity contribution < 1.29 is 9.53 Å². The molecule has 0 radical (unpaired) electrons. The molecule has 26 heavy (non-hydrogen) atoms. The van der Waals surface area contributed by atoms with Crippen molar-refractivity contribution >= 4 is 35.2 Å². The Labute approximate surface area is 165 Å². The standard InChI is InChI=1S/C18H28Cl2N4O2/c1-18(2,3)26-17(25)24(13-8-5-4-6-9-13)11-7-10-21-16-22-14(19)12-15(20)23-16/h12-13H,4-11H2,1-3H3,(H,21,22,23). The van der Waals surface area contributed by atoms with E-state index in [0.717, 1.165) is 32.1 Å². The number of anilines is 1. The lowest BCUT2D eigenvalue weighted by molar-refractivity contribution is 0.0121. The Hall–Kier alpha value is -1.27. The van der Waals surface area contributed by atoms with Gasteiger partial charge in [0.1, 0.15) is 15.9 Å².